The van der Waals surface area contributed by atoms with Gasteiger partial charge in [-0.25, -0.2) is 4.98 Å². The number of fused-ring (bicyclic) bond motifs is 1. The van der Waals surface area contributed by atoms with Gasteiger partial charge >= 0.3 is 0 Å². The van der Waals surface area contributed by atoms with Crippen LogP contribution in [0.5, 0.6) is 5.75 Å². The third kappa shape index (κ3) is 2.68. The molecule has 2 aromatic rings. The number of hydrogen-bond acceptors (Lipinski definition) is 5. The van der Waals surface area contributed by atoms with Gasteiger partial charge in [0.25, 0.3) is 0 Å². The molecule has 1 heterocycles. The first-order valence-electron chi connectivity index (χ1n) is 5.42. The summed E-state index contributed by atoms with van der Waals surface area (Å²) in [6.07, 6.45) is 0. The molecule has 1 aromatic heterocycles. The molecule has 17 heavy (non-hydrogen) atoms. The second kappa shape index (κ2) is 5.33. The lowest BCUT2D eigenvalue weighted by Crippen LogP contribution is -2.06. The van der Waals surface area contributed by atoms with Gasteiger partial charge in [0.15, 0.2) is 5.13 Å². The minimum Gasteiger partial charge on any atom is -0.497 e. The highest BCUT2D eigenvalue weighted by molar-refractivity contribution is 7.22. The zero-order valence-corrected chi connectivity index (χ0v) is 11.1. The molecule has 1 aromatic carbocycles. The number of thiazole rings is 1. The number of benzene rings is 1. The van der Waals surface area contributed by atoms with E-state index in [1.165, 1.54) is 0 Å². The average Bonchev–Trinajstić information content (AvgIpc) is 2.72. The Morgan fingerprint density at radius 3 is 2.88 bits per heavy atom. The Bertz CT molecular complexity index is 510. The lowest BCUT2D eigenvalue weighted by atomic mass is 10.2. The molecule has 2 rings (SSSR count). The number of anilines is 1. The molecule has 0 fully saturated rings. The molecular formula is C12H16N2O2S. The average molecular weight is 252 g/mol. The fourth-order valence-electron chi connectivity index (χ4n) is 1.62. The molecule has 1 N–H and O–H groups in total. The predicted molar refractivity (Wildman–Crippen MR) is 71.3 cm³/mol. The van der Waals surface area contributed by atoms with Crippen LogP contribution in [0.3, 0.4) is 0 Å². The highest BCUT2D eigenvalue weighted by Crippen LogP contribution is 2.31. The lowest BCUT2D eigenvalue weighted by Gasteiger charge is -2.00. The highest BCUT2D eigenvalue weighted by atomic mass is 32.1. The van der Waals surface area contributed by atoms with E-state index in [1.807, 2.05) is 19.1 Å². The van der Waals surface area contributed by atoms with Crippen molar-refractivity contribution >= 4 is 26.7 Å². The fourth-order valence-corrected chi connectivity index (χ4v) is 2.62. The number of methoxy groups -OCH3 is 2. The van der Waals surface area contributed by atoms with Gasteiger partial charge in [-0.05, 0) is 24.6 Å². The van der Waals surface area contributed by atoms with E-state index in [4.69, 9.17) is 9.47 Å². The second-order valence-electron chi connectivity index (χ2n) is 3.73. The van der Waals surface area contributed by atoms with Crippen LogP contribution >= 0.6 is 11.3 Å². The first kappa shape index (κ1) is 12.1. The zero-order valence-electron chi connectivity index (χ0n) is 10.2. The van der Waals surface area contributed by atoms with Crippen LogP contribution in [0, 0.1) is 6.92 Å². The van der Waals surface area contributed by atoms with Gasteiger partial charge in [-0.1, -0.05) is 11.3 Å². The molecule has 0 spiro atoms. The molecule has 0 aliphatic rings. The number of aryl methyl sites for hydroxylation is 1. The summed E-state index contributed by atoms with van der Waals surface area (Å²) in [5.41, 5.74) is 2.17. The van der Waals surface area contributed by atoms with Crippen LogP contribution in [0.25, 0.3) is 10.2 Å². The Balaban J connectivity index is 2.26. The van der Waals surface area contributed by atoms with Crippen LogP contribution in [0.15, 0.2) is 12.1 Å². The van der Waals surface area contributed by atoms with Gasteiger partial charge in [-0.2, -0.15) is 0 Å². The number of rotatable bonds is 5. The van der Waals surface area contributed by atoms with E-state index < -0.39 is 0 Å². The van der Waals surface area contributed by atoms with Gasteiger partial charge in [-0.15, -0.1) is 0 Å². The van der Waals surface area contributed by atoms with Crippen molar-refractivity contribution in [1.29, 1.82) is 0 Å². The van der Waals surface area contributed by atoms with Crippen LogP contribution in [0.4, 0.5) is 5.13 Å². The summed E-state index contributed by atoms with van der Waals surface area (Å²) < 4.78 is 11.4. The summed E-state index contributed by atoms with van der Waals surface area (Å²) in [6, 6.07) is 4.02. The standard InChI is InChI=1S/C12H16N2O2S/c1-8-6-9(16-3)7-10-11(8)14-12(17-10)13-4-5-15-2/h6-7H,4-5H2,1-3H3,(H,13,14). The number of ether oxygens (including phenoxy) is 2. The van der Waals surface area contributed by atoms with Crippen molar-refractivity contribution in [2.24, 2.45) is 0 Å². The monoisotopic (exact) mass is 252 g/mol. The van der Waals surface area contributed by atoms with Gasteiger partial charge in [0.1, 0.15) is 5.75 Å². The number of hydrogen-bond donors (Lipinski definition) is 1. The summed E-state index contributed by atoms with van der Waals surface area (Å²) >= 11 is 1.63. The van der Waals surface area contributed by atoms with Crippen molar-refractivity contribution in [2.75, 3.05) is 32.7 Å². The van der Waals surface area contributed by atoms with Crippen molar-refractivity contribution in [3.05, 3.63) is 17.7 Å². The van der Waals surface area contributed by atoms with Crippen LogP contribution < -0.4 is 10.1 Å². The van der Waals surface area contributed by atoms with Gasteiger partial charge in [0.2, 0.25) is 0 Å². The quantitative estimate of drug-likeness (QED) is 0.831. The minimum absolute atomic E-state index is 0.679. The van der Waals surface area contributed by atoms with Crippen LogP contribution in [-0.4, -0.2) is 32.4 Å². The molecular weight excluding hydrogens is 236 g/mol. The number of nitrogens with one attached hydrogen (secondary N) is 1. The largest absolute Gasteiger partial charge is 0.497 e. The summed E-state index contributed by atoms with van der Waals surface area (Å²) in [4.78, 5) is 4.56. The second-order valence-corrected chi connectivity index (χ2v) is 4.76. The molecule has 0 saturated carbocycles. The van der Waals surface area contributed by atoms with E-state index >= 15 is 0 Å². The summed E-state index contributed by atoms with van der Waals surface area (Å²) in [7, 11) is 3.37. The van der Waals surface area contributed by atoms with Gasteiger partial charge in [0.05, 0.1) is 23.9 Å². The van der Waals surface area contributed by atoms with E-state index in [2.05, 4.69) is 10.3 Å². The first-order chi connectivity index (χ1) is 8.24. The Morgan fingerprint density at radius 1 is 1.35 bits per heavy atom. The summed E-state index contributed by atoms with van der Waals surface area (Å²) in [5.74, 6) is 0.877. The number of aromatic nitrogens is 1. The van der Waals surface area contributed by atoms with Crippen LogP contribution in [0.1, 0.15) is 5.56 Å². The molecule has 0 bridgehead atoms. The van der Waals surface area contributed by atoms with E-state index in [-0.39, 0.29) is 0 Å². The SMILES string of the molecule is COCCNc1nc2c(C)cc(OC)cc2s1. The molecule has 0 aliphatic heterocycles. The third-order valence-corrected chi connectivity index (χ3v) is 3.44. The molecule has 0 unspecified atom stereocenters. The van der Waals surface area contributed by atoms with Crippen molar-refractivity contribution in [3.8, 4) is 5.75 Å². The molecule has 92 valence electrons. The Hall–Kier alpha value is -1.33. The zero-order chi connectivity index (χ0) is 12.3. The highest BCUT2D eigenvalue weighted by Gasteiger charge is 2.07. The topological polar surface area (TPSA) is 43.4 Å². The summed E-state index contributed by atoms with van der Waals surface area (Å²) in [5, 5.41) is 4.17. The van der Waals surface area contributed by atoms with Gasteiger partial charge < -0.3 is 14.8 Å². The predicted octanol–water partition coefficient (Wildman–Crippen LogP) is 2.67. The molecule has 0 saturated heterocycles. The first-order valence-corrected chi connectivity index (χ1v) is 6.24. The van der Waals surface area contributed by atoms with Crippen molar-refractivity contribution in [2.45, 2.75) is 6.92 Å². The maximum atomic E-state index is 5.25. The Labute approximate surface area is 105 Å². The normalized spacial score (nSPS) is 10.8. The Kier molecular flexibility index (Phi) is 3.81. The minimum atomic E-state index is 0.679. The van der Waals surface area contributed by atoms with Gasteiger partial charge in [0, 0.05) is 13.7 Å². The Morgan fingerprint density at radius 2 is 2.18 bits per heavy atom. The molecule has 4 nitrogen and oxygen atoms in total. The van der Waals surface area contributed by atoms with E-state index in [9.17, 15) is 0 Å². The van der Waals surface area contributed by atoms with Crippen LogP contribution in [-0.2, 0) is 4.74 Å². The molecule has 5 heteroatoms. The van der Waals surface area contributed by atoms with Crippen molar-refractivity contribution in [1.82, 2.24) is 4.98 Å². The van der Waals surface area contributed by atoms with Crippen LogP contribution in [0.2, 0.25) is 0 Å². The molecule has 0 amide bonds. The number of nitrogens with zero attached hydrogens (tertiary/aromatic N) is 1. The fraction of sp³-hybridized carbons (Fsp3) is 0.417. The van der Waals surface area contributed by atoms with Crippen molar-refractivity contribution < 1.29 is 9.47 Å². The summed E-state index contributed by atoms with van der Waals surface area (Å²) in [6.45, 7) is 3.49. The molecule has 0 radical (unpaired) electrons. The third-order valence-electron chi connectivity index (χ3n) is 2.48. The maximum absolute atomic E-state index is 5.25. The lowest BCUT2D eigenvalue weighted by molar-refractivity contribution is 0.211. The van der Waals surface area contributed by atoms with E-state index in [0.29, 0.717) is 6.61 Å². The van der Waals surface area contributed by atoms with Crippen molar-refractivity contribution in [3.63, 3.8) is 0 Å². The van der Waals surface area contributed by atoms with E-state index in [1.54, 1.807) is 25.6 Å². The smallest absolute Gasteiger partial charge is 0.183 e. The van der Waals surface area contributed by atoms with E-state index in [0.717, 1.165) is 33.2 Å². The molecule has 0 atom stereocenters. The van der Waals surface area contributed by atoms with Gasteiger partial charge in [-0.3, -0.25) is 0 Å². The maximum Gasteiger partial charge on any atom is 0.183 e. The molecule has 0 aliphatic carbocycles.